The first-order valence-electron chi connectivity index (χ1n) is 11.6. The average molecular weight is 419 g/mol. The van der Waals surface area contributed by atoms with E-state index in [2.05, 4.69) is 64.3 Å². The van der Waals surface area contributed by atoms with Crippen molar-refractivity contribution in [3.63, 3.8) is 0 Å². The standard InChI is InChI=1S/C25H34N6/c1-25(2,3)7-8-31-15-18-10-22(11-19(18)16-31)28-24-26-12-21(13-27-24)17-5-6-23-20(9-17)14-30(4)29-23/h5-6,9,12-14,18-19,22H,7-8,10-11,15-16H2,1-4H3,(H,26,27,28)/t18-,19+,22-. The van der Waals surface area contributed by atoms with Crippen molar-refractivity contribution in [2.75, 3.05) is 25.0 Å². The van der Waals surface area contributed by atoms with Crippen molar-refractivity contribution in [3.8, 4) is 11.1 Å². The molecular weight excluding hydrogens is 384 g/mol. The van der Waals surface area contributed by atoms with Crippen LogP contribution in [0.15, 0.2) is 36.8 Å². The fourth-order valence-corrected chi connectivity index (χ4v) is 5.25. The van der Waals surface area contributed by atoms with E-state index < -0.39 is 0 Å². The van der Waals surface area contributed by atoms with Crippen molar-refractivity contribution in [2.24, 2.45) is 24.3 Å². The number of fused-ring (bicyclic) bond motifs is 2. The fourth-order valence-electron chi connectivity index (χ4n) is 5.25. The summed E-state index contributed by atoms with van der Waals surface area (Å²) in [5, 5.41) is 9.17. The lowest BCUT2D eigenvalue weighted by Gasteiger charge is -2.24. The monoisotopic (exact) mass is 418 g/mol. The molecule has 2 aromatic heterocycles. The van der Waals surface area contributed by atoms with E-state index in [0.717, 1.165) is 39.8 Å². The Morgan fingerprint density at radius 1 is 1.03 bits per heavy atom. The molecule has 1 aliphatic heterocycles. The second-order valence-electron chi connectivity index (χ2n) is 10.8. The van der Waals surface area contributed by atoms with Gasteiger partial charge in [-0.2, -0.15) is 5.10 Å². The lowest BCUT2D eigenvalue weighted by molar-refractivity contribution is 0.250. The first kappa shape index (κ1) is 20.4. The van der Waals surface area contributed by atoms with Crippen LogP contribution in [0.4, 0.5) is 5.95 Å². The van der Waals surface area contributed by atoms with Gasteiger partial charge in [-0.05, 0) is 60.8 Å². The molecule has 0 unspecified atom stereocenters. The molecule has 3 heterocycles. The van der Waals surface area contributed by atoms with Crippen LogP contribution >= 0.6 is 0 Å². The number of benzene rings is 1. The number of nitrogens with zero attached hydrogens (tertiary/aromatic N) is 5. The molecule has 1 N–H and O–H groups in total. The van der Waals surface area contributed by atoms with Gasteiger partial charge in [0.25, 0.3) is 0 Å². The minimum atomic E-state index is 0.426. The molecule has 1 aliphatic carbocycles. The molecule has 31 heavy (non-hydrogen) atoms. The zero-order valence-electron chi connectivity index (χ0n) is 19.2. The summed E-state index contributed by atoms with van der Waals surface area (Å²) < 4.78 is 1.85. The summed E-state index contributed by atoms with van der Waals surface area (Å²) in [4.78, 5) is 11.9. The van der Waals surface area contributed by atoms with Gasteiger partial charge in [0, 0.05) is 55.7 Å². The van der Waals surface area contributed by atoms with Gasteiger partial charge in [0.2, 0.25) is 5.95 Å². The Bertz CT molecular complexity index is 1030. The van der Waals surface area contributed by atoms with Gasteiger partial charge < -0.3 is 10.2 Å². The van der Waals surface area contributed by atoms with Crippen LogP contribution in [0.2, 0.25) is 0 Å². The van der Waals surface area contributed by atoms with Crippen molar-refractivity contribution in [1.82, 2.24) is 24.6 Å². The molecule has 0 bridgehead atoms. The molecule has 1 aromatic carbocycles. The molecular formula is C25H34N6. The highest BCUT2D eigenvalue weighted by Gasteiger charge is 2.40. The smallest absolute Gasteiger partial charge is 0.222 e. The summed E-state index contributed by atoms with van der Waals surface area (Å²) in [7, 11) is 1.95. The maximum Gasteiger partial charge on any atom is 0.222 e. The minimum absolute atomic E-state index is 0.426. The van der Waals surface area contributed by atoms with Crippen LogP contribution in [-0.2, 0) is 7.05 Å². The fraction of sp³-hybridized carbons (Fsp3) is 0.560. The van der Waals surface area contributed by atoms with Crippen molar-refractivity contribution in [2.45, 2.75) is 46.1 Å². The Morgan fingerprint density at radius 2 is 1.74 bits per heavy atom. The number of nitrogens with one attached hydrogen (secondary N) is 1. The van der Waals surface area contributed by atoms with Crippen LogP contribution in [0, 0.1) is 17.3 Å². The molecule has 6 heteroatoms. The van der Waals surface area contributed by atoms with Crippen LogP contribution in [-0.4, -0.2) is 50.3 Å². The van der Waals surface area contributed by atoms with Gasteiger partial charge >= 0.3 is 0 Å². The molecule has 0 spiro atoms. The van der Waals surface area contributed by atoms with Gasteiger partial charge in [-0.3, -0.25) is 4.68 Å². The van der Waals surface area contributed by atoms with Crippen LogP contribution in [0.3, 0.4) is 0 Å². The highest BCUT2D eigenvalue weighted by Crippen LogP contribution is 2.39. The van der Waals surface area contributed by atoms with Crippen LogP contribution in [0.25, 0.3) is 22.0 Å². The third kappa shape index (κ3) is 4.59. The molecule has 1 saturated carbocycles. The van der Waals surface area contributed by atoms with Gasteiger partial charge in [0.05, 0.1) is 5.52 Å². The number of anilines is 1. The predicted molar refractivity (Wildman–Crippen MR) is 126 cm³/mol. The van der Waals surface area contributed by atoms with E-state index in [1.807, 2.05) is 30.3 Å². The third-order valence-electron chi connectivity index (χ3n) is 6.94. The second kappa shape index (κ2) is 7.90. The van der Waals surface area contributed by atoms with Gasteiger partial charge in [-0.25, -0.2) is 9.97 Å². The predicted octanol–water partition coefficient (Wildman–Crippen LogP) is 4.59. The Morgan fingerprint density at radius 3 is 2.42 bits per heavy atom. The largest absolute Gasteiger partial charge is 0.351 e. The van der Waals surface area contributed by atoms with E-state index in [4.69, 9.17) is 0 Å². The summed E-state index contributed by atoms with van der Waals surface area (Å²) in [5.41, 5.74) is 3.59. The van der Waals surface area contributed by atoms with Crippen LogP contribution in [0.1, 0.15) is 40.0 Å². The molecule has 5 rings (SSSR count). The highest BCUT2D eigenvalue weighted by atomic mass is 15.2. The summed E-state index contributed by atoms with van der Waals surface area (Å²) in [6.45, 7) is 10.8. The van der Waals surface area contributed by atoms with Crippen molar-refractivity contribution < 1.29 is 0 Å². The molecule has 3 atom stereocenters. The van der Waals surface area contributed by atoms with E-state index in [1.165, 1.54) is 38.9 Å². The van der Waals surface area contributed by atoms with Gasteiger partial charge in [-0.15, -0.1) is 0 Å². The quantitative estimate of drug-likeness (QED) is 0.657. The maximum absolute atomic E-state index is 4.62. The molecule has 164 valence electrons. The molecule has 2 fully saturated rings. The van der Waals surface area contributed by atoms with Gasteiger partial charge in [0.15, 0.2) is 0 Å². The molecule has 3 aromatic rings. The summed E-state index contributed by atoms with van der Waals surface area (Å²) >= 11 is 0. The number of aromatic nitrogens is 4. The Kier molecular flexibility index (Phi) is 5.21. The topological polar surface area (TPSA) is 58.9 Å². The van der Waals surface area contributed by atoms with Crippen LogP contribution < -0.4 is 5.32 Å². The normalized spacial score (nSPS) is 24.1. The van der Waals surface area contributed by atoms with Gasteiger partial charge in [-0.1, -0.05) is 26.8 Å². The third-order valence-corrected chi connectivity index (χ3v) is 6.94. The zero-order valence-corrected chi connectivity index (χ0v) is 19.2. The molecule has 6 nitrogen and oxygen atoms in total. The van der Waals surface area contributed by atoms with Crippen LogP contribution in [0.5, 0.6) is 0 Å². The average Bonchev–Trinajstić information content (AvgIpc) is 3.37. The SMILES string of the molecule is Cn1cc2cc(-c3cnc(N[C@@H]4C[C@@H]5CN(CCC(C)(C)C)C[C@@H]5C4)nc3)ccc2n1. The van der Waals surface area contributed by atoms with E-state index in [0.29, 0.717) is 11.5 Å². The Labute approximate surface area is 185 Å². The summed E-state index contributed by atoms with van der Waals surface area (Å²) in [6.07, 6.45) is 9.64. The van der Waals surface area contributed by atoms with E-state index in [1.54, 1.807) is 0 Å². The number of hydrogen-bond donors (Lipinski definition) is 1. The molecule has 1 saturated heterocycles. The Balaban J connectivity index is 1.17. The lowest BCUT2D eigenvalue weighted by Crippen LogP contribution is -2.28. The zero-order chi connectivity index (χ0) is 21.6. The molecule has 0 radical (unpaired) electrons. The number of rotatable bonds is 5. The first-order valence-corrected chi connectivity index (χ1v) is 11.6. The van der Waals surface area contributed by atoms with E-state index in [-0.39, 0.29) is 0 Å². The maximum atomic E-state index is 4.62. The van der Waals surface area contributed by atoms with Gasteiger partial charge in [0.1, 0.15) is 0 Å². The number of hydrogen-bond acceptors (Lipinski definition) is 5. The number of likely N-dealkylation sites (tertiary alicyclic amines) is 1. The second-order valence-corrected chi connectivity index (χ2v) is 10.8. The van der Waals surface area contributed by atoms with Crippen molar-refractivity contribution in [3.05, 3.63) is 36.8 Å². The van der Waals surface area contributed by atoms with Crippen molar-refractivity contribution >= 4 is 16.9 Å². The van der Waals surface area contributed by atoms with E-state index >= 15 is 0 Å². The summed E-state index contributed by atoms with van der Waals surface area (Å²) in [5.74, 6) is 2.40. The lowest BCUT2D eigenvalue weighted by atomic mass is 9.92. The molecule has 0 amide bonds. The van der Waals surface area contributed by atoms with E-state index in [9.17, 15) is 0 Å². The number of aryl methyl sites for hydroxylation is 1. The highest BCUT2D eigenvalue weighted by molar-refractivity contribution is 5.83. The Hall–Kier alpha value is -2.47. The summed E-state index contributed by atoms with van der Waals surface area (Å²) in [6, 6.07) is 6.79. The molecule has 2 aliphatic rings. The minimum Gasteiger partial charge on any atom is -0.351 e. The first-order chi connectivity index (χ1) is 14.8. The van der Waals surface area contributed by atoms with Crippen molar-refractivity contribution in [1.29, 1.82) is 0 Å².